The summed E-state index contributed by atoms with van der Waals surface area (Å²) >= 11 is 1.17. The highest BCUT2D eigenvalue weighted by molar-refractivity contribution is 7.91. The Morgan fingerprint density at radius 3 is 2.55 bits per heavy atom. The molecule has 1 aromatic heterocycles. The minimum Gasteiger partial charge on any atom is -0.352 e. The van der Waals surface area contributed by atoms with Crippen LogP contribution in [0.15, 0.2) is 52.1 Å². The molecule has 1 aromatic carbocycles. The minimum absolute atomic E-state index is 0.0841. The summed E-state index contributed by atoms with van der Waals surface area (Å²) in [5.41, 5.74) is 1.04. The summed E-state index contributed by atoms with van der Waals surface area (Å²) in [7, 11) is -3.43. The lowest BCUT2D eigenvalue weighted by Gasteiger charge is -2.06. The van der Waals surface area contributed by atoms with E-state index in [1.807, 2.05) is 30.3 Å². The summed E-state index contributed by atoms with van der Waals surface area (Å²) in [6, 6.07) is 12.9. The molecule has 5 nitrogen and oxygen atoms in total. The van der Waals surface area contributed by atoms with Crippen molar-refractivity contribution in [1.82, 2.24) is 10.0 Å². The molecule has 2 rings (SSSR count). The van der Waals surface area contributed by atoms with Gasteiger partial charge in [0, 0.05) is 19.5 Å². The molecule has 0 aliphatic heterocycles. The van der Waals surface area contributed by atoms with Crippen molar-refractivity contribution in [3.63, 3.8) is 0 Å². The molecule has 1 heterocycles. The lowest BCUT2D eigenvalue weighted by atomic mass is 10.2. The first-order chi connectivity index (χ1) is 10.6. The van der Waals surface area contributed by atoms with Crippen LogP contribution in [-0.2, 0) is 21.4 Å². The molecule has 22 heavy (non-hydrogen) atoms. The Morgan fingerprint density at radius 1 is 1.09 bits per heavy atom. The fourth-order valence-corrected chi connectivity index (χ4v) is 3.94. The zero-order chi connectivity index (χ0) is 15.8. The van der Waals surface area contributed by atoms with Crippen LogP contribution in [0, 0.1) is 0 Å². The maximum Gasteiger partial charge on any atom is 0.250 e. The van der Waals surface area contributed by atoms with Crippen molar-refractivity contribution in [2.75, 3.05) is 6.54 Å². The van der Waals surface area contributed by atoms with Gasteiger partial charge in [-0.2, -0.15) is 0 Å². The SMILES string of the molecule is O=C(CCCNS(=O)(=O)c1cccs1)NCc1ccccc1. The van der Waals surface area contributed by atoms with Crippen molar-refractivity contribution in [2.45, 2.75) is 23.6 Å². The molecular formula is C15H18N2O3S2. The fraction of sp³-hybridized carbons (Fsp3) is 0.267. The van der Waals surface area contributed by atoms with Crippen LogP contribution in [0.2, 0.25) is 0 Å². The highest BCUT2D eigenvalue weighted by Gasteiger charge is 2.14. The van der Waals surface area contributed by atoms with Crippen LogP contribution in [0.1, 0.15) is 18.4 Å². The predicted octanol–water partition coefficient (Wildman–Crippen LogP) is 2.12. The first kappa shape index (κ1) is 16.7. The topological polar surface area (TPSA) is 75.3 Å². The van der Waals surface area contributed by atoms with Crippen molar-refractivity contribution >= 4 is 27.3 Å². The third kappa shape index (κ3) is 5.25. The lowest BCUT2D eigenvalue weighted by Crippen LogP contribution is -2.27. The number of hydrogen-bond acceptors (Lipinski definition) is 4. The molecule has 2 aromatic rings. The molecule has 0 atom stereocenters. The largest absolute Gasteiger partial charge is 0.352 e. The fourth-order valence-electron chi connectivity index (χ4n) is 1.83. The first-order valence-corrected chi connectivity index (χ1v) is 9.28. The number of carbonyl (C=O) groups is 1. The summed E-state index contributed by atoms with van der Waals surface area (Å²) in [4.78, 5) is 11.7. The number of amides is 1. The van der Waals surface area contributed by atoms with Gasteiger partial charge in [0.1, 0.15) is 4.21 Å². The third-order valence-electron chi connectivity index (χ3n) is 2.97. The van der Waals surface area contributed by atoms with Crippen LogP contribution < -0.4 is 10.0 Å². The normalized spacial score (nSPS) is 11.3. The highest BCUT2D eigenvalue weighted by Crippen LogP contribution is 2.15. The van der Waals surface area contributed by atoms with Gasteiger partial charge in [0.25, 0.3) is 0 Å². The van der Waals surface area contributed by atoms with E-state index in [1.54, 1.807) is 17.5 Å². The van der Waals surface area contributed by atoms with Crippen LogP contribution in [0.5, 0.6) is 0 Å². The van der Waals surface area contributed by atoms with Crippen molar-refractivity contribution in [2.24, 2.45) is 0 Å². The molecule has 0 aliphatic rings. The van der Waals surface area contributed by atoms with E-state index in [1.165, 1.54) is 11.3 Å². The second-order valence-corrected chi connectivity index (χ2v) is 7.64. The van der Waals surface area contributed by atoms with Gasteiger partial charge in [0.15, 0.2) is 0 Å². The first-order valence-electron chi connectivity index (χ1n) is 6.92. The van der Waals surface area contributed by atoms with Crippen LogP contribution in [0.4, 0.5) is 0 Å². The summed E-state index contributed by atoms with van der Waals surface area (Å²) in [6.07, 6.45) is 0.755. The van der Waals surface area contributed by atoms with Gasteiger partial charge >= 0.3 is 0 Å². The van der Waals surface area contributed by atoms with Gasteiger partial charge in [-0.3, -0.25) is 4.79 Å². The number of rotatable bonds is 8. The van der Waals surface area contributed by atoms with Gasteiger partial charge in [-0.05, 0) is 23.4 Å². The van der Waals surface area contributed by atoms with E-state index in [2.05, 4.69) is 10.0 Å². The Kier molecular flexibility index (Phi) is 6.11. The predicted molar refractivity (Wildman–Crippen MR) is 87.0 cm³/mol. The van der Waals surface area contributed by atoms with Crippen LogP contribution >= 0.6 is 11.3 Å². The summed E-state index contributed by atoms with van der Waals surface area (Å²) in [6.45, 7) is 0.736. The van der Waals surface area contributed by atoms with Crippen molar-refractivity contribution in [3.05, 3.63) is 53.4 Å². The van der Waals surface area contributed by atoms with E-state index in [-0.39, 0.29) is 12.5 Å². The number of hydrogen-bond donors (Lipinski definition) is 2. The van der Waals surface area contributed by atoms with E-state index in [0.29, 0.717) is 23.6 Å². The maximum absolute atomic E-state index is 11.8. The maximum atomic E-state index is 11.8. The average molecular weight is 338 g/mol. The van der Waals surface area contributed by atoms with Crippen molar-refractivity contribution in [3.8, 4) is 0 Å². The molecule has 0 saturated heterocycles. The Bertz CT molecular complexity index is 683. The molecule has 0 spiro atoms. The molecule has 118 valence electrons. The highest BCUT2D eigenvalue weighted by atomic mass is 32.2. The molecule has 0 unspecified atom stereocenters. The van der Waals surface area contributed by atoms with Gasteiger partial charge in [-0.25, -0.2) is 13.1 Å². The second-order valence-electron chi connectivity index (χ2n) is 4.70. The van der Waals surface area contributed by atoms with Crippen LogP contribution in [0.3, 0.4) is 0 Å². The van der Waals surface area contributed by atoms with E-state index < -0.39 is 10.0 Å². The minimum atomic E-state index is -3.43. The molecule has 0 bridgehead atoms. The standard InChI is InChI=1S/C15H18N2O3S2/c18-14(16-12-13-6-2-1-3-7-13)8-4-10-17-22(19,20)15-9-5-11-21-15/h1-3,5-7,9,11,17H,4,8,10,12H2,(H,16,18). The number of sulfonamides is 1. The van der Waals surface area contributed by atoms with Gasteiger partial charge in [0.2, 0.25) is 15.9 Å². The Hall–Kier alpha value is -1.70. The van der Waals surface area contributed by atoms with Crippen molar-refractivity contribution in [1.29, 1.82) is 0 Å². The molecule has 0 aliphatic carbocycles. The van der Waals surface area contributed by atoms with Crippen LogP contribution in [0.25, 0.3) is 0 Å². The van der Waals surface area contributed by atoms with E-state index in [4.69, 9.17) is 0 Å². The Balaban J connectivity index is 1.65. The molecule has 7 heteroatoms. The zero-order valence-electron chi connectivity index (χ0n) is 12.0. The van der Waals surface area contributed by atoms with Crippen LogP contribution in [-0.4, -0.2) is 20.9 Å². The third-order valence-corrected chi connectivity index (χ3v) is 5.82. The molecule has 0 fully saturated rings. The number of benzene rings is 1. The van der Waals surface area contributed by atoms with E-state index in [9.17, 15) is 13.2 Å². The monoisotopic (exact) mass is 338 g/mol. The molecule has 0 saturated carbocycles. The van der Waals surface area contributed by atoms with Gasteiger partial charge in [0.05, 0.1) is 0 Å². The van der Waals surface area contributed by atoms with Gasteiger partial charge in [-0.15, -0.1) is 11.3 Å². The number of carbonyl (C=O) groups excluding carboxylic acids is 1. The van der Waals surface area contributed by atoms with E-state index >= 15 is 0 Å². The zero-order valence-corrected chi connectivity index (χ0v) is 13.6. The van der Waals surface area contributed by atoms with Crippen molar-refractivity contribution < 1.29 is 13.2 Å². The molecule has 0 radical (unpaired) electrons. The van der Waals surface area contributed by atoms with E-state index in [0.717, 1.165) is 5.56 Å². The summed E-state index contributed by atoms with van der Waals surface area (Å²) in [5.74, 6) is -0.0841. The summed E-state index contributed by atoms with van der Waals surface area (Å²) in [5, 5.41) is 4.52. The Labute approximate surface area is 134 Å². The average Bonchev–Trinajstić information content (AvgIpc) is 3.06. The molecular weight excluding hydrogens is 320 g/mol. The Morgan fingerprint density at radius 2 is 1.86 bits per heavy atom. The lowest BCUT2D eigenvalue weighted by molar-refractivity contribution is -0.121. The quantitative estimate of drug-likeness (QED) is 0.724. The van der Waals surface area contributed by atoms with Gasteiger partial charge in [-0.1, -0.05) is 36.4 Å². The smallest absolute Gasteiger partial charge is 0.250 e. The second kappa shape index (κ2) is 8.07. The summed E-state index contributed by atoms with van der Waals surface area (Å²) < 4.78 is 26.5. The number of thiophene rings is 1. The van der Waals surface area contributed by atoms with Gasteiger partial charge < -0.3 is 5.32 Å². The molecule has 2 N–H and O–H groups in total. The number of nitrogens with one attached hydrogen (secondary N) is 2. The molecule has 1 amide bonds.